The quantitative estimate of drug-likeness (QED) is 0.649. The Morgan fingerprint density at radius 3 is 2.61 bits per heavy atom. The van der Waals surface area contributed by atoms with Crippen molar-refractivity contribution in [3.8, 4) is 11.4 Å². The van der Waals surface area contributed by atoms with E-state index in [1.165, 1.54) is 0 Å². The van der Waals surface area contributed by atoms with Crippen LogP contribution in [-0.4, -0.2) is 31.1 Å². The molecule has 2 N–H and O–H groups in total. The number of alkyl halides is 3. The van der Waals surface area contributed by atoms with Gasteiger partial charge in [-0.3, -0.25) is 5.10 Å². The van der Waals surface area contributed by atoms with Crippen LogP contribution in [0, 0.1) is 0 Å². The molecule has 0 radical (unpaired) electrons. The van der Waals surface area contributed by atoms with E-state index in [2.05, 4.69) is 29.9 Å². The molecule has 120 valence electrons. The van der Waals surface area contributed by atoms with E-state index in [1.54, 1.807) is 0 Å². The van der Waals surface area contributed by atoms with Crippen molar-refractivity contribution in [3.63, 3.8) is 0 Å². The molecule has 0 bridgehead atoms. The molecule has 3 aromatic rings. The topological polar surface area (TPSA) is 79.4 Å². The standard InChI is InChI=1S/C13H11Cl3N6S/c14-13(15,16)11-19-12(23-22-11)17-7-6-9-18-10(21-20-9)8-4-2-1-3-5-8/h1-5H,6-7H2,(H,17,19,22)(H,18,20,21). The van der Waals surface area contributed by atoms with E-state index >= 15 is 0 Å². The van der Waals surface area contributed by atoms with Crippen LogP contribution in [0.1, 0.15) is 11.6 Å². The first kappa shape index (κ1) is 16.4. The second kappa shape index (κ2) is 7.00. The van der Waals surface area contributed by atoms with Crippen LogP contribution in [0.25, 0.3) is 11.4 Å². The number of H-pyrrole nitrogens is 1. The maximum Gasteiger partial charge on any atom is 0.251 e. The second-order valence-corrected chi connectivity index (χ2v) is 7.60. The fourth-order valence-electron chi connectivity index (χ4n) is 1.82. The van der Waals surface area contributed by atoms with Crippen LogP contribution in [0.3, 0.4) is 0 Å². The van der Waals surface area contributed by atoms with E-state index in [-0.39, 0.29) is 5.82 Å². The molecular weight excluding hydrogens is 379 g/mol. The van der Waals surface area contributed by atoms with Crippen molar-refractivity contribution in [3.05, 3.63) is 42.0 Å². The summed E-state index contributed by atoms with van der Waals surface area (Å²) in [5.74, 6) is 1.62. The summed E-state index contributed by atoms with van der Waals surface area (Å²) in [6.45, 7) is 0.609. The summed E-state index contributed by atoms with van der Waals surface area (Å²) in [6.07, 6.45) is 0.655. The Labute approximate surface area is 151 Å². The molecule has 3 rings (SSSR count). The average Bonchev–Trinajstić information content (AvgIpc) is 3.17. The van der Waals surface area contributed by atoms with Gasteiger partial charge in [0.25, 0.3) is 3.79 Å². The van der Waals surface area contributed by atoms with Crippen LogP contribution in [0.4, 0.5) is 5.13 Å². The Morgan fingerprint density at radius 1 is 1.13 bits per heavy atom. The zero-order valence-electron chi connectivity index (χ0n) is 11.6. The number of aromatic amines is 1. The number of nitrogens with zero attached hydrogens (tertiary/aromatic N) is 4. The van der Waals surface area contributed by atoms with Gasteiger partial charge in [0, 0.05) is 30.1 Å². The largest absolute Gasteiger partial charge is 0.360 e. The Balaban J connectivity index is 1.55. The molecule has 1 aromatic carbocycles. The maximum absolute atomic E-state index is 5.72. The maximum atomic E-state index is 5.72. The van der Waals surface area contributed by atoms with Crippen LogP contribution in [-0.2, 0) is 10.2 Å². The zero-order valence-corrected chi connectivity index (χ0v) is 14.7. The molecule has 0 atom stereocenters. The highest BCUT2D eigenvalue weighted by molar-refractivity contribution is 7.09. The normalized spacial score (nSPS) is 11.6. The number of anilines is 1. The van der Waals surface area contributed by atoms with Gasteiger partial charge in [0.15, 0.2) is 11.6 Å². The summed E-state index contributed by atoms with van der Waals surface area (Å²) in [6, 6.07) is 9.78. The van der Waals surface area contributed by atoms with Crippen molar-refractivity contribution < 1.29 is 0 Å². The number of halogens is 3. The second-order valence-electron chi connectivity index (χ2n) is 4.57. The van der Waals surface area contributed by atoms with Crippen LogP contribution >= 0.6 is 46.3 Å². The fourth-order valence-corrected chi connectivity index (χ4v) is 2.87. The minimum absolute atomic E-state index is 0.168. The lowest BCUT2D eigenvalue weighted by atomic mass is 10.2. The van der Waals surface area contributed by atoms with Crippen LogP contribution in [0.5, 0.6) is 0 Å². The van der Waals surface area contributed by atoms with Gasteiger partial charge in [-0.25, -0.2) is 4.98 Å². The smallest absolute Gasteiger partial charge is 0.251 e. The third-order valence-corrected chi connectivity index (χ3v) is 4.06. The third kappa shape index (κ3) is 4.32. The van der Waals surface area contributed by atoms with Gasteiger partial charge in [-0.05, 0) is 0 Å². The first-order valence-corrected chi connectivity index (χ1v) is 8.54. The SMILES string of the molecule is ClC(Cl)(Cl)c1nsc(NCCc2nc(-c3ccccc3)n[nH]2)n1. The van der Waals surface area contributed by atoms with Gasteiger partial charge in [-0.1, -0.05) is 65.1 Å². The van der Waals surface area contributed by atoms with Gasteiger partial charge in [-0.2, -0.15) is 14.5 Å². The first-order valence-electron chi connectivity index (χ1n) is 6.64. The lowest BCUT2D eigenvalue weighted by Gasteiger charge is -2.03. The first-order chi connectivity index (χ1) is 11.0. The molecule has 2 aromatic heterocycles. The molecule has 0 aliphatic carbocycles. The Bertz CT molecular complexity index is 767. The Kier molecular flexibility index (Phi) is 5.01. The molecule has 0 saturated carbocycles. The minimum Gasteiger partial charge on any atom is -0.360 e. The van der Waals surface area contributed by atoms with E-state index in [4.69, 9.17) is 34.8 Å². The van der Waals surface area contributed by atoms with E-state index < -0.39 is 3.79 Å². The van der Waals surface area contributed by atoms with Crippen LogP contribution in [0.2, 0.25) is 0 Å². The Hall–Kier alpha value is -1.41. The summed E-state index contributed by atoms with van der Waals surface area (Å²) in [5, 5.41) is 10.8. The highest BCUT2D eigenvalue weighted by atomic mass is 35.6. The summed E-state index contributed by atoms with van der Waals surface area (Å²) >= 11 is 18.3. The minimum atomic E-state index is -1.61. The van der Waals surface area contributed by atoms with Crippen molar-refractivity contribution in [2.24, 2.45) is 0 Å². The van der Waals surface area contributed by atoms with Gasteiger partial charge >= 0.3 is 0 Å². The predicted molar refractivity (Wildman–Crippen MR) is 93.2 cm³/mol. The lowest BCUT2D eigenvalue weighted by molar-refractivity contribution is 0.898. The van der Waals surface area contributed by atoms with E-state index in [9.17, 15) is 0 Å². The van der Waals surface area contributed by atoms with Gasteiger partial charge < -0.3 is 5.32 Å². The number of aromatic nitrogens is 5. The van der Waals surface area contributed by atoms with Crippen molar-refractivity contribution in [2.45, 2.75) is 10.2 Å². The zero-order chi connectivity index (χ0) is 16.3. The summed E-state index contributed by atoms with van der Waals surface area (Å²) in [4.78, 5) is 8.57. The molecule has 2 heterocycles. The van der Waals surface area contributed by atoms with Crippen molar-refractivity contribution in [1.29, 1.82) is 0 Å². The van der Waals surface area contributed by atoms with E-state index in [0.29, 0.717) is 23.9 Å². The number of nitrogens with one attached hydrogen (secondary N) is 2. The highest BCUT2D eigenvalue weighted by Gasteiger charge is 2.28. The van der Waals surface area contributed by atoms with Gasteiger partial charge in [0.1, 0.15) is 5.82 Å². The number of hydrogen-bond donors (Lipinski definition) is 2. The summed E-state index contributed by atoms with van der Waals surface area (Å²) in [5.41, 5.74) is 0.972. The molecule has 0 aliphatic heterocycles. The van der Waals surface area contributed by atoms with Crippen molar-refractivity contribution in [2.75, 3.05) is 11.9 Å². The summed E-state index contributed by atoms with van der Waals surface area (Å²) in [7, 11) is 0. The molecule has 6 nitrogen and oxygen atoms in total. The van der Waals surface area contributed by atoms with Gasteiger partial charge in [-0.15, -0.1) is 0 Å². The van der Waals surface area contributed by atoms with E-state index in [1.807, 2.05) is 30.3 Å². The van der Waals surface area contributed by atoms with Crippen molar-refractivity contribution >= 4 is 51.5 Å². The van der Waals surface area contributed by atoms with Crippen LogP contribution < -0.4 is 5.32 Å². The predicted octanol–water partition coefficient (Wildman–Crippen LogP) is 3.80. The average molecular weight is 390 g/mol. The van der Waals surface area contributed by atoms with Gasteiger partial charge in [0.2, 0.25) is 5.13 Å². The molecule has 10 heteroatoms. The molecule has 0 spiro atoms. The number of hydrogen-bond acceptors (Lipinski definition) is 6. The molecule has 0 fully saturated rings. The molecule has 23 heavy (non-hydrogen) atoms. The van der Waals surface area contributed by atoms with Gasteiger partial charge in [0.05, 0.1) is 0 Å². The summed E-state index contributed by atoms with van der Waals surface area (Å²) < 4.78 is 2.39. The van der Waals surface area contributed by atoms with Crippen molar-refractivity contribution in [1.82, 2.24) is 24.5 Å². The number of benzene rings is 1. The Morgan fingerprint density at radius 2 is 1.91 bits per heavy atom. The molecule has 0 unspecified atom stereocenters. The molecule has 0 saturated heterocycles. The lowest BCUT2D eigenvalue weighted by Crippen LogP contribution is -2.07. The monoisotopic (exact) mass is 388 g/mol. The van der Waals surface area contributed by atoms with Crippen LogP contribution in [0.15, 0.2) is 30.3 Å². The van der Waals surface area contributed by atoms with E-state index in [0.717, 1.165) is 22.9 Å². The fraction of sp³-hybridized carbons (Fsp3) is 0.231. The third-order valence-electron chi connectivity index (χ3n) is 2.88. The molecule has 0 aliphatic rings. The number of rotatable bonds is 5. The molecular formula is C13H11Cl3N6S. The molecule has 0 amide bonds. The highest BCUT2D eigenvalue weighted by Crippen LogP contribution is 2.37.